The number of likely N-dealkylation sites (tertiary alicyclic amines) is 1. The van der Waals surface area contributed by atoms with Gasteiger partial charge in [0.25, 0.3) is 10.0 Å². The molecule has 1 heterocycles. The predicted octanol–water partition coefficient (Wildman–Crippen LogP) is 6.92. The molecule has 3 aromatic carbocycles. The lowest BCUT2D eigenvalue weighted by Crippen LogP contribution is -2.53. The summed E-state index contributed by atoms with van der Waals surface area (Å²) in [5.74, 6) is 0.00258. The molecule has 2 unspecified atom stereocenters. The second-order valence-corrected chi connectivity index (χ2v) is 13.0. The van der Waals surface area contributed by atoms with Gasteiger partial charge in [0, 0.05) is 24.7 Å². The fourth-order valence-electron chi connectivity index (χ4n) is 5.40. The summed E-state index contributed by atoms with van der Waals surface area (Å²) >= 11 is 0. The van der Waals surface area contributed by atoms with Crippen LogP contribution in [-0.4, -0.2) is 43.6 Å². The highest BCUT2D eigenvalue weighted by Crippen LogP contribution is 2.39. The maximum atomic E-state index is 14.2. The molecule has 0 aliphatic carbocycles. The third kappa shape index (κ3) is 5.88. The van der Waals surface area contributed by atoms with Crippen molar-refractivity contribution in [2.24, 2.45) is 11.3 Å². The average Bonchev–Trinajstić information content (AvgIpc) is 2.91. The van der Waals surface area contributed by atoms with Gasteiger partial charge in [0.2, 0.25) is 0 Å². The summed E-state index contributed by atoms with van der Waals surface area (Å²) in [5.41, 5.74) is 3.34. The third-order valence-corrected chi connectivity index (χ3v) is 9.33. The van der Waals surface area contributed by atoms with Crippen molar-refractivity contribution in [3.63, 3.8) is 0 Å². The summed E-state index contributed by atoms with van der Waals surface area (Å²) in [6, 6.07) is 24.3. The molecule has 0 spiro atoms. The molecular weight excluding hydrogens is 496 g/mol. The molecule has 202 valence electrons. The fourth-order valence-corrected chi connectivity index (χ4v) is 6.98. The molecule has 7 heteroatoms. The molecule has 2 atom stereocenters. The SMILES string of the molecule is CCc1ccc(N(CC2CCN(C(=O)O)C(C(C)(C)C)C2)S(=O)(=O)c2ccccc2)c(-c2ccccc2)c1. The summed E-state index contributed by atoms with van der Waals surface area (Å²) in [6.45, 7) is 8.90. The van der Waals surface area contributed by atoms with E-state index in [9.17, 15) is 18.3 Å². The van der Waals surface area contributed by atoms with E-state index in [2.05, 4.69) is 13.0 Å². The minimum Gasteiger partial charge on any atom is -0.465 e. The molecule has 38 heavy (non-hydrogen) atoms. The quantitative estimate of drug-likeness (QED) is 0.357. The largest absolute Gasteiger partial charge is 0.465 e. The molecule has 1 fully saturated rings. The van der Waals surface area contributed by atoms with E-state index in [-0.39, 0.29) is 28.8 Å². The monoisotopic (exact) mass is 534 g/mol. The van der Waals surface area contributed by atoms with Crippen LogP contribution >= 0.6 is 0 Å². The molecule has 0 radical (unpaired) electrons. The summed E-state index contributed by atoms with van der Waals surface area (Å²) in [4.78, 5) is 13.8. The van der Waals surface area contributed by atoms with Gasteiger partial charge in [0.05, 0.1) is 10.6 Å². The van der Waals surface area contributed by atoms with E-state index in [0.717, 1.165) is 23.1 Å². The topological polar surface area (TPSA) is 77.9 Å². The summed E-state index contributed by atoms with van der Waals surface area (Å²) in [7, 11) is -3.88. The molecule has 1 aliphatic heterocycles. The molecular formula is C31H38N2O4S. The third-order valence-electron chi connectivity index (χ3n) is 7.53. The van der Waals surface area contributed by atoms with Crippen molar-refractivity contribution < 1.29 is 18.3 Å². The number of nitrogens with zero attached hydrogens (tertiary/aromatic N) is 2. The zero-order valence-corrected chi connectivity index (χ0v) is 23.5. The van der Waals surface area contributed by atoms with Gasteiger partial charge in [0.15, 0.2) is 0 Å². The first-order valence-electron chi connectivity index (χ1n) is 13.3. The fraction of sp³-hybridized carbons (Fsp3) is 0.387. The molecule has 3 aromatic rings. The van der Waals surface area contributed by atoms with Crippen LogP contribution in [0.2, 0.25) is 0 Å². The Morgan fingerprint density at radius 2 is 1.63 bits per heavy atom. The normalized spacial score (nSPS) is 18.3. The van der Waals surface area contributed by atoms with Gasteiger partial charge < -0.3 is 10.0 Å². The molecule has 1 amide bonds. The number of anilines is 1. The molecule has 1 aliphatic rings. The molecule has 0 aromatic heterocycles. The van der Waals surface area contributed by atoms with Crippen LogP contribution in [0.3, 0.4) is 0 Å². The number of carbonyl (C=O) groups is 1. The lowest BCUT2D eigenvalue weighted by atomic mass is 9.77. The van der Waals surface area contributed by atoms with Gasteiger partial charge in [-0.1, -0.05) is 82.3 Å². The van der Waals surface area contributed by atoms with Gasteiger partial charge in [-0.15, -0.1) is 0 Å². The van der Waals surface area contributed by atoms with Crippen molar-refractivity contribution in [3.05, 3.63) is 84.4 Å². The van der Waals surface area contributed by atoms with Crippen LogP contribution in [-0.2, 0) is 16.4 Å². The van der Waals surface area contributed by atoms with E-state index in [0.29, 0.717) is 25.1 Å². The Bertz CT molecular complexity index is 1350. The standard InChI is InChI=1S/C31H38N2O4S/c1-5-23-16-17-28(27(20-23)25-12-8-6-9-13-25)33(38(36,37)26-14-10-7-11-15-26)22-24-18-19-32(30(34)35)29(21-24)31(2,3)4/h6-17,20,24,29H,5,18-19,21-22H2,1-4H3,(H,34,35). The smallest absolute Gasteiger partial charge is 0.407 e. The van der Waals surface area contributed by atoms with Crippen LogP contribution in [0, 0.1) is 11.3 Å². The number of sulfonamides is 1. The number of piperidine rings is 1. The lowest BCUT2D eigenvalue weighted by Gasteiger charge is -2.45. The summed E-state index contributed by atoms with van der Waals surface area (Å²) in [6.07, 6.45) is 1.13. The van der Waals surface area contributed by atoms with Crippen molar-refractivity contribution in [2.45, 2.75) is 57.9 Å². The van der Waals surface area contributed by atoms with Crippen LogP contribution in [0.4, 0.5) is 10.5 Å². The van der Waals surface area contributed by atoms with Crippen LogP contribution in [0.15, 0.2) is 83.8 Å². The van der Waals surface area contributed by atoms with Gasteiger partial charge in [0.1, 0.15) is 0 Å². The first kappa shape index (κ1) is 27.7. The van der Waals surface area contributed by atoms with Crippen molar-refractivity contribution in [2.75, 3.05) is 17.4 Å². The Balaban J connectivity index is 1.81. The van der Waals surface area contributed by atoms with Crippen LogP contribution in [0.1, 0.15) is 46.1 Å². The lowest BCUT2D eigenvalue weighted by molar-refractivity contribution is 0.0423. The predicted molar refractivity (Wildman–Crippen MR) is 153 cm³/mol. The van der Waals surface area contributed by atoms with Crippen LogP contribution in [0.5, 0.6) is 0 Å². The minimum atomic E-state index is -3.88. The van der Waals surface area contributed by atoms with E-state index in [4.69, 9.17) is 0 Å². The average molecular weight is 535 g/mol. The van der Waals surface area contributed by atoms with Gasteiger partial charge >= 0.3 is 6.09 Å². The van der Waals surface area contributed by atoms with Gasteiger partial charge in [-0.25, -0.2) is 13.2 Å². The highest BCUT2D eigenvalue weighted by atomic mass is 32.2. The Labute approximate surface area is 227 Å². The molecule has 1 N–H and O–H groups in total. The first-order valence-corrected chi connectivity index (χ1v) is 14.7. The van der Waals surface area contributed by atoms with Gasteiger partial charge in [-0.3, -0.25) is 4.31 Å². The van der Waals surface area contributed by atoms with E-state index in [1.54, 1.807) is 28.6 Å². The minimum absolute atomic E-state index is 0.00258. The van der Waals surface area contributed by atoms with Crippen LogP contribution < -0.4 is 4.31 Å². The number of carboxylic acid groups (broad SMARTS) is 1. The number of benzene rings is 3. The molecule has 0 bridgehead atoms. The second-order valence-electron chi connectivity index (χ2n) is 11.2. The maximum Gasteiger partial charge on any atom is 0.407 e. The number of hydrogen-bond donors (Lipinski definition) is 1. The van der Waals surface area contributed by atoms with Gasteiger partial charge in [-0.05, 0) is 66.0 Å². The number of rotatable bonds is 7. The Hall–Kier alpha value is -3.32. The molecule has 1 saturated heterocycles. The van der Waals surface area contributed by atoms with Crippen molar-refractivity contribution >= 4 is 21.8 Å². The number of amides is 1. The Morgan fingerprint density at radius 3 is 2.21 bits per heavy atom. The zero-order valence-electron chi connectivity index (χ0n) is 22.7. The molecule has 4 rings (SSSR count). The Morgan fingerprint density at radius 1 is 1.00 bits per heavy atom. The molecule has 6 nitrogen and oxygen atoms in total. The number of aryl methyl sites for hydroxylation is 1. The highest BCUT2D eigenvalue weighted by molar-refractivity contribution is 7.92. The van der Waals surface area contributed by atoms with Gasteiger partial charge in [-0.2, -0.15) is 0 Å². The highest BCUT2D eigenvalue weighted by Gasteiger charge is 2.40. The van der Waals surface area contributed by atoms with Crippen molar-refractivity contribution in [1.29, 1.82) is 0 Å². The Kier molecular flexibility index (Phi) is 8.16. The van der Waals surface area contributed by atoms with E-state index in [1.807, 2.05) is 69.3 Å². The first-order chi connectivity index (χ1) is 18.0. The molecule has 0 saturated carbocycles. The second kappa shape index (κ2) is 11.2. The van der Waals surface area contributed by atoms with E-state index in [1.165, 1.54) is 4.90 Å². The van der Waals surface area contributed by atoms with Crippen molar-refractivity contribution in [3.8, 4) is 11.1 Å². The van der Waals surface area contributed by atoms with E-state index < -0.39 is 16.1 Å². The zero-order chi connectivity index (χ0) is 27.5. The summed E-state index contributed by atoms with van der Waals surface area (Å²) < 4.78 is 30.0. The number of hydrogen-bond acceptors (Lipinski definition) is 3. The van der Waals surface area contributed by atoms with Crippen molar-refractivity contribution in [1.82, 2.24) is 4.90 Å². The maximum absolute atomic E-state index is 14.2. The van der Waals surface area contributed by atoms with E-state index >= 15 is 0 Å². The van der Waals surface area contributed by atoms with Crippen LogP contribution in [0.25, 0.3) is 11.1 Å². The summed E-state index contributed by atoms with van der Waals surface area (Å²) in [5, 5.41) is 9.83.